The minimum atomic E-state index is 0.00560. The quantitative estimate of drug-likeness (QED) is 0.862. The SMILES string of the molecule is CCNC(=O)Cc1c(C)nc([C@H]2CCCN(C(=O)C3CCCC3)C2)nc1C. The lowest BCUT2D eigenvalue weighted by Gasteiger charge is -2.34. The fourth-order valence-corrected chi connectivity index (χ4v) is 4.44. The molecule has 27 heavy (non-hydrogen) atoms. The van der Waals surface area contributed by atoms with Gasteiger partial charge in [-0.1, -0.05) is 12.8 Å². The van der Waals surface area contributed by atoms with Crippen LogP contribution in [0.15, 0.2) is 0 Å². The highest BCUT2D eigenvalue weighted by Crippen LogP contribution is 2.31. The molecule has 148 valence electrons. The zero-order valence-electron chi connectivity index (χ0n) is 16.9. The number of amides is 2. The van der Waals surface area contributed by atoms with Crippen molar-refractivity contribution < 1.29 is 9.59 Å². The third-order valence-electron chi connectivity index (χ3n) is 5.95. The summed E-state index contributed by atoms with van der Waals surface area (Å²) < 4.78 is 0. The minimum absolute atomic E-state index is 0.00560. The number of likely N-dealkylation sites (tertiary alicyclic amines) is 1. The van der Waals surface area contributed by atoms with Crippen LogP contribution in [0.25, 0.3) is 0 Å². The lowest BCUT2D eigenvalue weighted by molar-refractivity contribution is -0.136. The van der Waals surface area contributed by atoms with Crippen molar-refractivity contribution in [1.29, 1.82) is 0 Å². The standard InChI is InChI=1S/C21H32N4O2/c1-4-22-19(26)12-18-14(2)23-20(24-15(18)3)17-10-7-11-25(13-17)21(27)16-8-5-6-9-16/h16-17H,4-13H2,1-3H3,(H,22,26)/t17-/m0/s1. The molecule has 2 fully saturated rings. The van der Waals surface area contributed by atoms with Gasteiger partial charge in [-0.2, -0.15) is 0 Å². The van der Waals surface area contributed by atoms with E-state index >= 15 is 0 Å². The van der Waals surface area contributed by atoms with Gasteiger partial charge in [-0.3, -0.25) is 9.59 Å². The van der Waals surface area contributed by atoms with Gasteiger partial charge in [0.25, 0.3) is 0 Å². The van der Waals surface area contributed by atoms with Crippen molar-refractivity contribution in [2.24, 2.45) is 5.92 Å². The van der Waals surface area contributed by atoms with Crippen molar-refractivity contribution in [2.45, 2.75) is 71.6 Å². The topological polar surface area (TPSA) is 75.2 Å². The second kappa shape index (κ2) is 8.81. The Morgan fingerprint density at radius 3 is 2.37 bits per heavy atom. The molecule has 2 aliphatic rings. The molecule has 1 aliphatic carbocycles. The second-order valence-corrected chi connectivity index (χ2v) is 7.97. The van der Waals surface area contributed by atoms with Crippen LogP contribution in [-0.4, -0.2) is 46.3 Å². The molecule has 0 aromatic carbocycles. The Hall–Kier alpha value is -1.98. The van der Waals surface area contributed by atoms with Gasteiger partial charge in [0, 0.05) is 48.4 Å². The first-order valence-electron chi connectivity index (χ1n) is 10.4. The van der Waals surface area contributed by atoms with E-state index in [-0.39, 0.29) is 17.7 Å². The number of nitrogens with one attached hydrogen (secondary N) is 1. The predicted octanol–water partition coefficient (Wildman–Crippen LogP) is 2.67. The summed E-state index contributed by atoms with van der Waals surface area (Å²) in [5.41, 5.74) is 2.67. The lowest BCUT2D eigenvalue weighted by atomic mass is 9.94. The summed E-state index contributed by atoms with van der Waals surface area (Å²) in [5.74, 6) is 1.59. The van der Waals surface area contributed by atoms with Crippen LogP contribution in [0.3, 0.4) is 0 Å². The van der Waals surface area contributed by atoms with Gasteiger partial charge < -0.3 is 10.2 Å². The van der Waals surface area contributed by atoms with Crippen LogP contribution in [0.1, 0.15) is 74.1 Å². The number of aromatic nitrogens is 2. The number of carbonyl (C=O) groups excluding carboxylic acids is 2. The van der Waals surface area contributed by atoms with Crippen LogP contribution in [0, 0.1) is 19.8 Å². The molecule has 0 spiro atoms. The molecule has 1 aromatic heterocycles. The van der Waals surface area contributed by atoms with Gasteiger partial charge in [0.15, 0.2) is 0 Å². The van der Waals surface area contributed by atoms with Crippen LogP contribution < -0.4 is 5.32 Å². The first-order chi connectivity index (χ1) is 13.0. The van der Waals surface area contributed by atoms with E-state index in [1.54, 1.807) is 0 Å². The molecule has 0 unspecified atom stereocenters. The first kappa shape index (κ1) is 19.8. The summed E-state index contributed by atoms with van der Waals surface area (Å²) in [6.45, 7) is 8.04. The molecule has 6 nitrogen and oxygen atoms in total. The van der Waals surface area contributed by atoms with Gasteiger partial charge in [0.2, 0.25) is 11.8 Å². The third kappa shape index (κ3) is 4.66. The molecule has 1 N–H and O–H groups in total. The zero-order chi connectivity index (χ0) is 19.4. The highest BCUT2D eigenvalue weighted by Gasteiger charge is 2.32. The number of rotatable bonds is 5. The molecule has 0 radical (unpaired) electrons. The number of aryl methyl sites for hydroxylation is 2. The van der Waals surface area contributed by atoms with Crippen LogP contribution in [-0.2, 0) is 16.0 Å². The van der Waals surface area contributed by atoms with Gasteiger partial charge in [-0.15, -0.1) is 0 Å². The molecule has 1 aromatic rings. The molecular weight excluding hydrogens is 340 g/mol. The van der Waals surface area contributed by atoms with Gasteiger partial charge >= 0.3 is 0 Å². The van der Waals surface area contributed by atoms with Crippen molar-refractivity contribution in [1.82, 2.24) is 20.2 Å². The number of piperidine rings is 1. The summed E-state index contributed by atoms with van der Waals surface area (Å²) in [6, 6.07) is 0. The molecule has 1 saturated heterocycles. The van der Waals surface area contributed by atoms with E-state index in [4.69, 9.17) is 9.97 Å². The largest absolute Gasteiger partial charge is 0.356 e. The fraction of sp³-hybridized carbons (Fsp3) is 0.714. The van der Waals surface area contributed by atoms with E-state index in [9.17, 15) is 9.59 Å². The minimum Gasteiger partial charge on any atom is -0.356 e. The Morgan fingerprint density at radius 2 is 1.74 bits per heavy atom. The molecular formula is C21H32N4O2. The van der Waals surface area contributed by atoms with E-state index in [1.165, 1.54) is 12.8 Å². The van der Waals surface area contributed by atoms with Crippen LogP contribution in [0.2, 0.25) is 0 Å². The highest BCUT2D eigenvalue weighted by atomic mass is 16.2. The van der Waals surface area contributed by atoms with Crippen molar-refractivity contribution in [2.75, 3.05) is 19.6 Å². The Balaban J connectivity index is 1.71. The van der Waals surface area contributed by atoms with Gasteiger partial charge in [0.1, 0.15) is 5.82 Å². The van der Waals surface area contributed by atoms with Crippen LogP contribution >= 0.6 is 0 Å². The van der Waals surface area contributed by atoms with Crippen LogP contribution in [0.4, 0.5) is 0 Å². The van der Waals surface area contributed by atoms with Crippen molar-refractivity contribution in [3.8, 4) is 0 Å². The lowest BCUT2D eigenvalue weighted by Crippen LogP contribution is -2.42. The maximum absolute atomic E-state index is 12.8. The molecule has 2 amide bonds. The van der Waals surface area contributed by atoms with Crippen molar-refractivity contribution in [3.63, 3.8) is 0 Å². The second-order valence-electron chi connectivity index (χ2n) is 7.97. The van der Waals surface area contributed by atoms with Crippen molar-refractivity contribution >= 4 is 11.8 Å². The summed E-state index contributed by atoms with van der Waals surface area (Å²) >= 11 is 0. The summed E-state index contributed by atoms with van der Waals surface area (Å²) in [5, 5.41) is 2.83. The smallest absolute Gasteiger partial charge is 0.225 e. The van der Waals surface area contributed by atoms with E-state index in [0.717, 1.165) is 61.5 Å². The average Bonchev–Trinajstić information content (AvgIpc) is 3.19. The molecule has 1 aliphatic heterocycles. The number of hydrogen-bond donors (Lipinski definition) is 1. The summed E-state index contributed by atoms with van der Waals surface area (Å²) in [6.07, 6.45) is 6.80. The Kier molecular flexibility index (Phi) is 6.45. The molecule has 6 heteroatoms. The van der Waals surface area contributed by atoms with Gasteiger partial charge in [-0.05, 0) is 46.5 Å². The van der Waals surface area contributed by atoms with Crippen molar-refractivity contribution in [3.05, 3.63) is 22.8 Å². The van der Waals surface area contributed by atoms with Gasteiger partial charge in [0.05, 0.1) is 6.42 Å². The Morgan fingerprint density at radius 1 is 1.07 bits per heavy atom. The number of likely N-dealkylation sites (N-methyl/N-ethyl adjacent to an activating group) is 1. The highest BCUT2D eigenvalue weighted by molar-refractivity contribution is 5.79. The summed E-state index contributed by atoms with van der Waals surface area (Å²) in [7, 11) is 0. The monoisotopic (exact) mass is 372 g/mol. The Bertz CT molecular complexity index is 674. The average molecular weight is 373 g/mol. The molecule has 0 bridgehead atoms. The van der Waals surface area contributed by atoms with Gasteiger partial charge in [-0.25, -0.2) is 9.97 Å². The van der Waals surface area contributed by atoms with E-state index in [2.05, 4.69) is 5.32 Å². The number of carbonyl (C=O) groups is 2. The van der Waals surface area contributed by atoms with E-state index < -0.39 is 0 Å². The molecule has 1 saturated carbocycles. The van der Waals surface area contributed by atoms with E-state index in [1.807, 2.05) is 25.7 Å². The maximum Gasteiger partial charge on any atom is 0.225 e. The normalized spacial score (nSPS) is 20.7. The molecule has 3 rings (SSSR count). The Labute approximate surface area is 162 Å². The predicted molar refractivity (Wildman–Crippen MR) is 104 cm³/mol. The molecule has 2 heterocycles. The number of nitrogens with zero attached hydrogens (tertiary/aromatic N) is 3. The zero-order valence-corrected chi connectivity index (χ0v) is 16.9. The number of hydrogen-bond acceptors (Lipinski definition) is 4. The van der Waals surface area contributed by atoms with E-state index in [0.29, 0.717) is 18.9 Å². The first-order valence-corrected chi connectivity index (χ1v) is 10.4. The third-order valence-corrected chi connectivity index (χ3v) is 5.95. The summed E-state index contributed by atoms with van der Waals surface area (Å²) in [4.78, 5) is 36.2. The maximum atomic E-state index is 12.8. The van der Waals surface area contributed by atoms with Crippen LogP contribution in [0.5, 0.6) is 0 Å². The molecule has 1 atom stereocenters. The fourth-order valence-electron chi connectivity index (χ4n) is 4.44.